The van der Waals surface area contributed by atoms with Gasteiger partial charge in [0.05, 0.1) is 19.1 Å². The minimum Gasteiger partial charge on any atom is -0.466 e. The van der Waals surface area contributed by atoms with Crippen LogP contribution < -0.4 is 10.6 Å². The molecule has 2 rings (SSSR count). The van der Waals surface area contributed by atoms with Crippen LogP contribution >= 0.6 is 0 Å². The Bertz CT molecular complexity index is 652. The molecule has 1 aromatic rings. The molecule has 0 unspecified atom stereocenters. The van der Waals surface area contributed by atoms with E-state index in [0.29, 0.717) is 50.3 Å². The summed E-state index contributed by atoms with van der Waals surface area (Å²) in [6, 6.07) is 6.89. The number of nitrogens with zero attached hydrogens (tertiary/aromatic N) is 1. The van der Waals surface area contributed by atoms with Crippen LogP contribution in [0, 0.1) is 5.92 Å². The first-order valence-corrected chi connectivity index (χ1v) is 10.1. The molecule has 0 aromatic heterocycles. The van der Waals surface area contributed by atoms with Gasteiger partial charge in [-0.05, 0) is 63.5 Å². The number of anilines is 1. The average Bonchev–Trinajstić information content (AvgIpc) is 2.69. The van der Waals surface area contributed by atoms with Crippen molar-refractivity contribution in [2.45, 2.75) is 39.5 Å². The maximum atomic E-state index is 12.3. The van der Waals surface area contributed by atoms with Crippen LogP contribution in [0.5, 0.6) is 0 Å². The molecule has 0 spiro atoms. The van der Waals surface area contributed by atoms with Gasteiger partial charge < -0.3 is 15.4 Å². The summed E-state index contributed by atoms with van der Waals surface area (Å²) in [6.07, 6.45) is 3.42. The Kier molecular flexibility index (Phi) is 8.94. The fraction of sp³-hybridized carbons (Fsp3) is 0.571. The Labute approximate surface area is 166 Å². The second-order valence-electron chi connectivity index (χ2n) is 7.04. The fourth-order valence-electron chi connectivity index (χ4n) is 3.18. The van der Waals surface area contributed by atoms with Crippen molar-refractivity contribution in [1.82, 2.24) is 10.2 Å². The zero-order valence-corrected chi connectivity index (χ0v) is 16.8. The van der Waals surface area contributed by atoms with E-state index in [9.17, 15) is 14.4 Å². The van der Waals surface area contributed by atoms with Gasteiger partial charge in [0.2, 0.25) is 5.91 Å². The smallest absolute Gasteiger partial charge is 0.309 e. The number of benzene rings is 1. The molecular weight excluding hydrogens is 358 g/mol. The summed E-state index contributed by atoms with van der Waals surface area (Å²) in [7, 11) is 0. The van der Waals surface area contributed by atoms with Crippen molar-refractivity contribution in [2.24, 2.45) is 5.92 Å². The second kappa shape index (κ2) is 11.4. The number of hydrogen-bond acceptors (Lipinski definition) is 5. The van der Waals surface area contributed by atoms with Crippen molar-refractivity contribution in [3.05, 3.63) is 29.8 Å². The number of carbonyl (C=O) groups excluding carboxylic acids is 3. The molecule has 1 aromatic carbocycles. The van der Waals surface area contributed by atoms with Gasteiger partial charge in [-0.15, -0.1) is 0 Å². The minimum absolute atomic E-state index is 0.0599. The van der Waals surface area contributed by atoms with Crippen LogP contribution in [0.15, 0.2) is 24.3 Å². The molecule has 28 heavy (non-hydrogen) atoms. The van der Waals surface area contributed by atoms with Gasteiger partial charge >= 0.3 is 5.97 Å². The molecule has 0 radical (unpaired) electrons. The topological polar surface area (TPSA) is 87.7 Å². The van der Waals surface area contributed by atoms with Crippen molar-refractivity contribution >= 4 is 23.5 Å². The fourth-order valence-corrected chi connectivity index (χ4v) is 3.18. The molecule has 1 aliphatic rings. The van der Waals surface area contributed by atoms with Crippen LogP contribution in [-0.4, -0.2) is 55.5 Å². The molecule has 0 bridgehead atoms. The molecule has 1 saturated heterocycles. The van der Waals surface area contributed by atoms with E-state index in [-0.39, 0.29) is 30.2 Å². The SMILES string of the molecule is CCCCNC(=O)c1ccc(NC(=O)CN2CCC(C(=O)OCC)CC2)cc1. The van der Waals surface area contributed by atoms with E-state index in [1.165, 1.54) is 0 Å². The highest BCUT2D eigenvalue weighted by molar-refractivity contribution is 5.96. The first-order chi connectivity index (χ1) is 13.5. The van der Waals surface area contributed by atoms with E-state index >= 15 is 0 Å². The monoisotopic (exact) mass is 389 g/mol. The highest BCUT2D eigenvalue weighted by Gasteiger charge is 2.26. The number of piperidine rings is 1. The minimum atomic E-state index is -0.134. The summed E-state index contributed by atoms with van der Waals surface area (Å²) in [6.45, 7) is 6.65. The molecule has 1 fully saturated rings. The van der Waals surface area contributed by atoms with Crippen LogP contribution in [0.2, 0.25) is 0 Å². The predicted molar refractivity (Wildman–Crippen MR) is 108 cm³/mol. The third kappa shape index (κ3) is 6.96. The quantitative estimate of drug-likeness (QED) is 0.500. The zero-order chi connectivity index (χ0) is 20.4. The average molecular weight is 389 g/mol. The van der Waals surface area contributed by atoms with Gasteiger partial charge in [-0.1, -0.05) is 13.3 Å². The number of rotatable bonds is 9. The predicted octanol–water partition coefficient (Wildman–Crippen LogP) is 2.43. The Morgan fingerprint density at radius 3 is 2.39 bits per heavy atom. The molecule has 0 saturated carbocycles. The summed E-state index contributed by atoms with van der Waals surface area (Å²) < 4.78 is 5.07. The van der Waals surface area contributed by atoms with Gasteiger partial charge in [-0.25, -0.2) is 0 Å². The van der Waals surface area contributed by atoms with E-state index in [0.717, 1.165) is 12.8 Å². The van der Waals surface area contributed by atoms with Crippen LogP contribution in [0.25, 0.3) is 0 Å². The lowest BCUT2D eigenvalue weighted by molar-refractivity contribution is -0.149. The lowest BCUT2D eigenvalue weighted by Crippen LogP contribution is -2.41. The molecule has 2 N–H and O–H groups in total. The summed E-state index contributed by atoms with van der Waals surface area (Å²) >= 11 is 0. The standard InChI is InChI=1S/C21H31N3O4/c1-3-5-12-22-20(26)16-6-8-18(9-7-16)23-19(25)15-24-13-10-17(11-14-24)21(27)28-4-2/h6-9,17H,3-5,10-15H2,1-2H3,(H,22,26)(H,23,25). The number of likely N-dealkylation sites (tertiary alicyclic amines) is 1. The van der Waals surface area contributed by atoms with E-state index < -0.39 is 0 Å². The lowest BCUT2D eigenvalue weighted by Gasteiger charge is -2.30. The van der Waals surface area contributed by atoms with Crippen molar-refractivity contribution < 1.29 is 19.1 Å². The van der Waals surface area contributed by atoms with Crippen LogP contribution in [-0.2, 0) is 14.3 Å². The van der Waals surface area contributed by atoms with E-state index in [1.54, 1.807) is 24.3 Å². The lowest BCUT2D eigenvalue weighted by atomic mass is 9.97. The van der Waals surface area contributed by atoms with Gasteiger partial charge in [0.15, 0.2) is 0 Å². The van der Waals surface area contributed by atoms with Crippen molar-refractivity contribution in [1.29, 1.82) is 0 Å². The molecule has 1 aliphatic heterocycles. The number of amides is 2. The maximum Gasteiger partial charge on any atom is 0.309 e. The molecule has 7 heteroatoms. The number of nitrogens with one attached hydrogen (secondary N) is 2. The van der Waals surface area contributed by atoms with Crippen molar-refractivity contribution in [2.75, 3.05) is 38.1 Å². The van der Waals surface area contributed by atoms with Gasteiger partial charge in [0, 0.05) is 17.8 Å². The van der Waals surface area contributed by atoms with Crippen LogP contribution in [0.3, 0.4) is 0 Å². The second-order valence-corrected chi connectivity index (χ2v) is 7.04. The number of hydrogen-bond donors (Lipinski definition) is 2. The molecule has 0 atom stereocenters. The maximum absolute atomic E-state index is 12.3. The third-order valence-electron chi connectivity index (χ3n) is 4.82. The normalized spacial score (nSPS) is 15.1. The Hall–Kier alpha value is -2.41. The largest absolute Gasteiger partial charge is 0.466 e. The molecule has 0 aliphatic carbocycles. The Balaban J connectivity index is 1.74. The highest BCUT2D eigenvalue weighted by Crippen LogP contribution is 2.18. The first kappa shape index (κ1) is 21.9. The van der Waals surface area contributed by atoms with Gasteiger partial charge in [-0.3, -0.25) is 19.3 Å². The number of unbranched alkanes of at least 4 members (excludes halogenated alkanes) is 1. The third-order valence-corrected chi connectivity index (χ3v) is 4.82. The van der Waals surface area contributed by atoms with Gasteiger partial charge in [0.1, 0.15) is 0 Å². The molecular formula is C21H31N3O4. The molecule has 2 amide bonds. The Morgan fingerprint density at radius 2 is 1.79 bits per heavy atom. The number of ether oxygens (including phenoxy) is 1. The van der Waals surface area contributed by atoms with E-state index in [1.807, 2.05) is 11.8 Å². The molecule has 154 valence electrons. The Morgan fingerprint density at radius 1 is 1.11 bits per heavy atom. The van der Waals surface area contributed by atoms with Crippen LogP contribution in [0.1, 0.15) is 49.9 Å². The summed E-state index contributed by atoms with van der Waals surface area (Å²) in [4.78, 5) is 38.1. The summed E-state index contributed by atoms with van der Waals surface area (Å²) in [5.41, 5.74) is 1.24. The first-order valence-electron chi connectivity index (χ1n) is 10.1. The van der Waals surface area contributed by atoms with Crippen LogP contribution in [0.4, 0.5) is 5.69 Å². The van der Waals surface area contributed by atoms with Gasteiger partial charge in [0.25, 0.3) is 5.91 Å². The highest BCUT2D eigenvalue weighted by atomic mass is 16.5. The van der Waals surface area contributed by atoms with E-state index in [4.69, 9.17) is 4.74 Å². The molecule has 1 heterocycles. The molecule has 7 nitrogen and oxygen atoms in total. The van der Waals surface area contributed by atoms with Crippen molar-refractivity contribution in [3.63, 3.8) is 0 Å². The van der Waals surface area contributed by atoms with E-state index in [2.05, 4.69) is 17.6 Å². The number of carbonyl (C=O) groups is 3. The number of esters is 1. The summed E-state index contributed by atoms with van der Waals surface area (Å²) in [5, 5.41) is 5.73. The summed E-state index contributed by atoms with van der Waals surface area (Å²) in [5.74, 6) is -0.397. The van der Waals surface area contributed by atoms with Crippen molar-refractivity contribution in [3.8, 4) is 0 Å². The zero-order valence-electron chi connectivity index (χ0n) is 16.8. The van der Waals surface area contributed by atoms with Gasteiger partial charge in [-0.2, -0.15) is 0 Å².